The Kier molecular flexibility index (Phi) is 7.82. The predicted octanol–water partition coefficient (Wildman–Crippen LogP) is 3.84. The van der Waals surface area contributed by atoms with E-state index in [0.717, 1.165) is 47.6 Å². The molecule has 0 radical (unpaired) electrons. The second-order valence-corrected chi connectivity index (χ2v) is 6.32. The lowest BCUT2D eigenvalue weighted by molar-refractivity contribution is 0.0950. The number of aryl methyl sites for hydroxylation is 1. The first-order chi connectivity index (χ1) is 10.3. The van der Waals surface area contributed by atoms with Crippen molar-refractivity contribution >= 4 is 47.7 Å². The SMILES string of the molecule is CCc1cnc(CNC(=O)c2cccc3c2CCCN3)s1.Cl.Cl. The molecular weight excluding hydrogens is 353 g/mol. The Labute approximate surface area is 152 Å². The number of carbonyl (C=O) groups is 1. The van der Waals surface area contributed by atoms with Gasteiger partial charge < -0.3 is 10.6 Å². The van der Waals surface area contributed by atoms with Gasteiger partial charge in [-0.25, -0.2) is 4.98 Å². The summed E-state index contributed by atoms with van der Waals surface area (Å²) in [5.41, 5.74) is 3.01. The Bertz CT molecular complexity index is 661. The normalized spacial score (nSPS) is 12.2. The molecule has 1 amide bonds. The Morgan fingerprint density at radius 1 is 1.39 bits per heavy atom. The average molecular weight is 374 g/mol. The molecule has 0 aliphatic carbocycles. The first-order valence-corrected chi connectivity index (χ1v) is 8.17. The number of nitrogens with zero attached hydrogens (tertiary/aromatic N) is 1. The summed E-state index contributed by atoms with van der Waals surface area (Å²) >= 11 is 1.66. The summed E-state index contributed by atoms with van der Waals surface area (Å²) in [6, 6.07) is 5.88. The number of aromatic nitrogens is 1. The first-order valence-electron chi connectivity index (χ1n) is 7.35. The molecule has 126 valence electrons. The summed E-state index contributed by atoms with van der Waals surface area (Å²) in [4.78, 5) is 18.0. The van der Waals surface area contributed by atoms with Crippen molar-refractivity contribution in [2.75, 3.05) is 11.9 Å². The Morgan fingerprint density at radius 2 is 2.22 bits per heavy atom. The van der Waals surface area contributed by atoms with E-state index < -0.39 is 0 Å². The summed E-state index contributed by atoms with van der Waals surface area (Å²) in [7, 11) is 0. The molecule has 1 aromatic carbocycles. The molecule has 0 spiro atoms. The number of fused-ring (bicyclic) bond motifs is 1. The van der Waals surface area contributed by atoms with Crippen LogP contribution in [0.25, 0.3) is 0 Å². The molecule has 0 bridgehead atoms. The molecule has 7 heteroatoms. The highest BCUT2D eigenvalue weighted by Crippen LogP contribution is 2.25. The third-order valence-corrected chi connectivity index (χ3v) is 4.83. The van der Waals surface area contributed by atoms with E-state index >= 15 is 0 Å². The van der Waals surface area contributed by atoms with Crippen LogP contribution in [0.15, 0.2) is 24.4 Å². The lowest BCUT2D eigenvalue weighted by Crippen LogP contribution is -2.25. The Hall–Kier alpha value is -1.30. The van der Waals surface area contributed by atoms with Crippen LogP contribution in [-0.2, 0) is 19.4 Å². The third kappa shape index (κ3) is 4.59. The Morgan fingerprint density at radius 3 is 2.96 bits per heavy atom. The third-order valence-electron chi connectivity index (χ3n) is 3.69. The fraction of sp³-hybridized carbons (Fsp3) is 0.375. The number of rotatable bonds is 4. The molecule has 1 aliphatic rings. The Balaban J connectivity index is 0.00000132. The summed E-state index contributed by atoms with van der Waals surface area (Å²) in [6.45, 7) is 3.59. The summed E-state index contributed by atoms with van der Waals surface area (Å²) in [5.74, 6) is -0.0104. The molecular formula is C16H21Cl2N3OS. The highest BCUT2D eigenvalue weighted by molar-refractivity contribution is 7.11. The maximum atomic E-state index is 12.4. The van der Waals surface area contributed by atoms with Crippen LogP contribution in [-0.4, -0.2) is 17.4 Å². The number of benzene rings is 1. The van der Waals surface area contributed by atoms with Gasteiger partial charge in [-0.05, 0) is 37.0 Å². The van der Waals surface area contributed by atoms with Crippen molar-refractivity contribution in [3.63, 3.8) is 0 Å². The molecule has 0 unspecified atom stereocenters. The number of anilines is 1. The molecule has 1 aromatic heterocycles. The van der Waals surface area contributed by atoms with E-state index in [9.17, 15) is 4.79 Å². The van der Waals surface area contributed by atoms with E-state index in [0.29, 0.717) is 6.54 Å². The number of thiazole rings is 1. The number of carbonyl (C=O) groups excluding carboxylic acids is 1. The number of amides is 1. The zero-order valence-electron chi connectivity index (χ0n) is 12.9. The van der Waals surface area contributed by atoms with E-state index in [4.69, 9.17) is 0 Å². The summed E-state index contributed by atoms with van der Waals surface area (Å²) < 4.78 is 0. The van der Waals surface area contributed by atoms with Gasteiger partial charge >= 0.3 is 0 Å². The van der Waals surface area contributed by atoms with Gasteiger partial charge in [0.2, 0.25) is 0 Å². The van der Waals surface area contributed by atoms with Crippen molar-refractivity contribution in [3.8, 4) is 0 Å². The van der Waals surface area contributed by atoms with Gasteiger partial charge in [0.1, 0.15) is 5.01 Å². The van der Waals surface area contributed by atoms with Gasteiger partial charge in [0, 0.05) is 28.9 Å². The van der Waals surface area contributed by atoms with E-state index in [1.807, 2.05) is 24.4 Å². The first kappa shape index (κ1) is 19.7. The van der Waals surface area contributed by atoms with Crippen molar-refractivity contribution < 1.29 is 4.79 Å². The molecule has 1 aliphatic heterocycles. The fourth-order valence-electron chi connectivity index (χ4n) is 2.57. The number of nitrogens with one attached hydrogen (secondary N) is 2. The average Bonchev–Trinajstić information content (AvgIpc) is 3.00. The quantitative estimate of drug-likeness (QED) is 0.855. The van der Waals surface area contributed by atoms with E-state index in [1.54, 1.807) is 11.3 Å². The van der Waals surface area contributed by atoms with E-state index in [-0.39, 0.29) is 30.7 Å². The zero-order valence-corrected chi connectivity index (χ0v) is 15.4. The molecule has 2 heterocycles. The van der Waals surface area contributed by atoms with Crippen LogP contribution in [0.4, 0.5) is 5.69 Å². The molecule has 3 rings (SSSR count). The van der Waals surface area contributed by atoms with E-state index in [2.05, 4.69) is 22.5 Å². The number of hydrogen-bond acceptors (Lipinski definition) is 4. The smallest absolute Gasteiger partial charge is 0.251 e. The second-order valence-electron chi connectivity index (χ2n) is 5.12. The molecule has 0 atom stereocenters. The van der Waals surface area contributed by atoms with Crippen molar-refractivity contribution in [1.29, 1.82) is 0 Å². The van der Waals surface area contributed by atoms with Crippen molar-refractivity contribution in [1.82, 2.24) is 10.3 Å². The largest absolute Gasteiger partial charge is 0.385 e. The maximum Gasteiger partial charge on any atom is 0.251 e. The van der Waals surface area contributed by atoms with Gasteiger partial charge in [-0.2, -0.15) is 0 Å². The van der Waals surface area contributed by atoms with Crippen LogP contribution in [0.5, 0.6) is 0 Å². The highest BCUT2D eigenvalue weighted by Gasteiger charge is 2.17. The van der Waals surface area contributed by atoms with Gasteiger partial charge in [0.15, 0.2) is 0 Å². The van der Waals surface area contributed by atoms with Crippen LogP contribution in [0.1, 0.15) is 39.2 Å². The lowest BCUT2D eigenvalue weighted by atomic mass is 9.97. The number of hydrogen-bond donors (Lipinski definition) is 2. The minimum atomic E-state index is -0.0104. The van der Waals surface area contributed by atoms with Crippen LogP contribution in [0.3, 0.4) is 0 Å². The van der Waals surface area contributed by atoms with Gasteiger partial charge in [-0.3, -0.25) is 4.79 Å². The second kappa shape index (κ2) is 9.11. The van der Waals surface area contributed by atoms with Gasteiger partial charge in [0.25, 0.3) is 5.91 Å². The molecule has 4 nitrogen and oxygen atoms in total. The summed E-state index contributed by atoms with van der Waals surface area (Å²) in [6.07, 6.45) is 4.91. The van der Waals surface area contributed by atoms with Crippen LogP contribution in [0, 0.1) is 0 Å². The van der Waals surface area contributed by atoms with E-state index in [1.165, 1.54) is 4.88 Å². The maximum absolute atomic E-state index is 12.4. The highest BCUT2D eigenvalue weighted by atomic mass is 35.5. The zero-order chi connectivity index (χ0) is 14.7. The van der Waals surface area contributed by atoms with Crippen molar-refractivity contribution in [2.45, 2.75) is 32.7 Å². The van der Waals surface area contributed by atoms with Gasteiger partial charge in [0.05, 0.1) is 6.54 Å². The minimum Gasteiger partial charge on any atom is -0.385 e. The number of halogens is 2. The van der Waals surface area contributed by atoms with Crippen LogP contribution < -0.4 is 10.6 Å². The molecule has 0 saturated carbocycles. The lowest BCUT2D eigenvalue weighted by Gasteiger charge is -2.20. The molecule has 2 N–H and O–H groups in total. The molecule has 0 saturated heterocycles. The minimum absolute atomic E-state index is 0. The monoisotopic (exact) mass is 373 g/mol. The van der Waals surface area contributed by atoms with Crippen LogP contribution >= 0.6 is 36.2 Å². The molecule has 2 aromatic rings. The standard InChI is InChI=1S/C16H19N3OS.2ClH/c1-2-11-9-18-15(21-11)10-19-16(20)13-5-3-7-14-12(13)6-4-8-17-14;;/h3,5,7,9,17H,2,4,6,8,10H2,1H3,(H,19,20);2*1H. The summed E-state index contributed by atoms with van der Waals surface area (Å²) in [5, 5.41) is 7.30. The van der Waals surface area contributed by atoms with Crippen molar-refractivity contribution in [2.24, 2.45) is 0 Å². The molecule has 23 heavy (non-hydrogen) atoms. The predicted molar refractivity (Wildman–Crippen MR) is 100 cm³/mol. The van der Waals surface area contributed by atoms with Gasteiger partial charge in [-0.15, -0.1) is 36.2 Å². The van der Waals surface area contributed by atoms with Crippen molar-refractivity contribution in [3.05, 3.63) is 45.4 Å². The van der Waals surface area contributed by atoms with Gasteiger partial charge in [-0.1, -0.05) is 13.0 Å². The topological polar surface area (TPSA) is 54.0 Å². The fourth-order valence-corrected chi connectivity index (χ4v) is 3.37. The van der Waals surface area contributed by atoms with Crippen LogP contribution in [0.2, 0.25) is 0 Å². The molecule has 0 fully saturated rings.